The number of carboxylic acid groups (broad SMARTS) is 1. The zero-order valence-electron chi connectivity index (χ0n) is 11.8. The summed E-state index contributed by atoms with van der Waals surface area (Å²) < 4.78 is 5.51. The van der Waals surface area contributed by atoms with Crippen LogP contribution in [0.15, 0.2) is 24.3 Å². The van der Waals surface area contributed by atoms with E-state index in [0.717, 1.165) is 6.54 Å². The third-order valence-electron chi connectivity index (χ3n) is 2.85. The molecule has 0 radical (unpaired) electrons. The molecule has 0 aliphatic heterocycles. The summed E-state index contributed by atoms with van der Waals surface area (Å²) >= 11 is 0. The van der Waals surface area contributed by atoms with Crippen LogP contribution in [0.2, 0.25) is 0 Å². The number of benzene rings is 1. The van der Waals surface area contributed by atoms with E-state index in [-0.39, 0.29) is 11.5 Å². The van der Waals surface area contributed by atoms with Gasteiger partial charge >= 0.3 is 5.97 Å². The van der Waals surface area contributed by atoms with Crippen molar-refractivity contribution in [2.75, 3.05) is 33.3 Å². The van der Waals surface area contributed by atoms with Crippen LogP contribution in [0.3, 0.4) is 0 Å². The van der Waals surface area contributed by atoms with E-state index in [1.165, 1.54) is 12.1 Å². The molecule has 0 bridgehead atoms. The van der Waals surface area contributed by atoms with Crippen molar-refractivity contribution in [1.82, 2.24) is 10.2 Å². The zero-order valence-corrected chi connectivity index (χ0v) is 11.8. The van der Waals surface area contributed by atoms with Gasteiger partial charge in [-0.25, -0.2) is 4.79 Å². The lowest BCUT2D eigenvalue weighted by Gasteiger charge is -2.19. The number of rotatable bonds is 8. The number of carbonyl (C=O) groups excluding carboxylic acids is 1. The number of nitrogens with one attached hydrogen (secondary N) is 1. The van der Waals surface area contributed by atoms with E-state index in [2.05, 4.69) is 5.32 Å². The molecule has 1 rings (SSSR count). The second-order valence-corrected chi connectivity index (χ2v) is 4.22. The number of hydrogen-bond acceptors (Lipinski definition) is 4. The first-order valence-electron chi connectivity index (χ1n) is 6.46. The lowest BCUT2D eigenvalue weighted by molar-refractivity contribution is -0.121. The largest absolute Gasteiger partial charge is 0.492 e. The van der Waals surface area contributed by atoms with E-state index < -0.39 is 5.97 Å². The van der Waals surface area contributed by atoms with Gasteiger partial charge in [0.1, 0.15) is 12.4 Å². The summed E-state index contributed by atoms with van der Waals surface area (Å²) in [7, 11) is 1.60. The van der Waals surface area contributed by atoms with Crippen LogP contribution < -0.4 is 10.1 Å². The summed E-state index contributed by atoms with van der Waals surface area (Å²) in [5.41, 5.74) is 0.195. The molecule has 6 nitrogen and oxygen atoms in total. The highest BCUT2D eigenvalue weighted by Gasteiger charge is 2.08. The molecule has 20 heavy (non-hydrogen) atoms. The molecular formula is C14H20N2O4. The first-order chi connectivity index (χ1) is 9.56. The Balaban J connectivity index is 2.44. The van der Waals surface area contributed by atoms with Gasteiger partial charge in [-0.05, 0) is 24.7 Å². The second-order valence-electron chi connectivity index (χ2n) is 4.22. The van der Waals surface area contributed by atoms with E-state index in [9.17, 15) is 9.59 Å². The topological polar surface area (TPSA) is 78.9 Å². The molecule has 1 aromatic carbocycles. The van der Waals surface area contributed by atoms with E-state index in [1.54, 1.807) is 19.2 Å². The average molecular weight is 280 g/mol. The Hall–Kier alpha value is -2.08. The van der Waals surface area contributed by atoms with Crippen molar-refractivity contribution in [2.45, 2.75) is 6.92 Å². The molecule has 0 spiro atoms. The number of aromatic carboxylic acids is 1. The quantitative estimate of drug-likeness (QED) is 0.737. The minimum atomic E-state index is -0.981. The molecule has 0 aromatic heterocycles. The Morgan fingerprint density at radius 3 is 2.75 bits per heavy atom. The Labute approximate surface area is 118 Å². The molecule has 0 saturated heterocycles. The molecule has 0 saturated carbocycles. The fourth-order valence-corrected chi connectivity index (χ4v) is 1.64. The molecule has 110 valence electrons. The number of likely N-dealkylation sites (N-methyl/N-ethyl adjacent to an activating group) is 2. The third kappa shape index (κ3) is 5.27. The number of hydrogen-bond donors (Lipinski definition) is 2. The first-order valence-corrected chi connectivity index (χ1v) is 6.46. The lowest BCUT2D eigenvalue weighted by atomic mass is 10.2. The van der Waals surface area contributed by atoms with Crippen LogP contribution in [0.5, 0.6) is 5.75 Å². The maximum atomic E-state index is 11.3. The SMILES string of the molecule is CCN(CCOc1cccc(C(=O)O)c1)CC(=O)NC. The smallest absolute Gasteiger partial charge is 0.335 e. The van der Waals surface area contributed by atoms with E-state index in [1.807, 2.05) is 11.8 Å². The molecule has 6 heteroatoms. The summed E-state index contributed by atoms with van der Waals surface area (Å²) in [5.74, 6) is -0.508. The van der Waals surface area contributed by atoms with Crippen LogP contribution in [0, 0.1) is 0 Å². The van der Waals surface area contributed by atoms with Gasteiger partial charge in [0.2, 0.25) is 5.91 Å². The monoisotopic (exact) mass is 280 g/mol. The van der Waals surface area contributed by atoms with Gasteiger partial charge in [-0.2, -0.15) is 0 Å². The number of nitrogens with zero attached hydrogens (tertiary/aromatic N) is 1. The van der Waals surface area contributed by atoms with Crippen molar-refractivity contribution in [1.29, 1.82) is 0 Å². The minimum Gasteiger partial charge on any atom is -0.492 e. The van der Waals surface area contributed by atoms with Gasteiger partial charge in [0.15, 0.2) is 0 Å². The highest BCUT2D eigenvalue weighted by Crippen LogP contribution is 2.13. The standard InChI is InChI=1S/C14H20N2O4/c1-3-16(10-13(17)15-2)7-8-20-12-6-4-5-11(9-12)14(18)19/h4-6,9H,3,7-8,10H2,1-2H3,(H,15,17)(H,18,19). The number of amides is 1. The highest BCUT2D eigenvalue weighted by atomic mass is 16.5. The maximum Gasteiger partial charge on any atom is 0.335 e. The molecule has 1 amide bonds. The summed E-state index contributed by atoms with van der Waals surface area (Å²) in [5, 5.41) is 11.5. The van der Waals surface area contributed by atoms with Crippen LogP contribution in [-0.2, 0) is 4.79 Å². The molecule has 0 aliphatic carbocycles. The Morgan fingerprint density at radius 2 is 2.15 bits per heavy atom. The number of carboxylic acids is 1. The van der Waals surface area contributed by atoms with Crippen LogP contribution in [-0.4, -0.2) is 55.2 Å². The fourth-order valence-electron chi connectivity index (χ4n) is 1.64. The fraction of sp³-hybridized carbons (Fsp3) is 0.429. The minimum absolute atomic E-state index is 0.0419. The molecule has 0 unspecified atom stereocenters. The number of carbonyl (C=O) groups is 2. The molecule has 1 aromatic rings. The number of ether oxygens (including phenoxy) is 1. The lowest BCUT2D eigenvalue weighted by Crippen LogP contribution is -2.37. The van der Waals surface area contributed by atoms with Crippen LogP contribution in [0.25, 0.3) is 0 Å². The molecule has 0 aliphatic rings. The van der Waals surface area contributed by atoms with Crippen molar-refractivity contribution < 1.29 is 19.4 Å². The summed E-state index contributed by atoms with van der Waals surface area (Å²) in [6.45, 7) is 4.03. The van der Waals surface area contributed by atoms with Crippen LogP contribution >= 0.6 is 0 Å². The van der Waals surface area contributed by atoms with Gasteiger partial charge in [0.05, 0.1) is 12.1 Å². The Kier molecular flexibility index (Phi) is 6.52. The van der Waals surface area contributed by atoms with Crippen LogP contribution in [0.4, 0.5) is 0 Å². The molecule has 0 fully saturated rings. The van der Waals surface area contributed by atoms with Gasteiger partial charge in [-0.1, -0.05) is 13.0 Å². The van der Waals surface area contributed by atoms with Gasteiger partial charge in [0, 0.05) is 13.6 Å². The predicted molar refractivity (Wildman–Crippen MR) is 75.1 cm³/mol. The van der Waals surface area contributed by atoms with Gasteiger partial charge in [-0.15, -0.1) is 0 Å². The molecular weight excluding hydrogens is 260 g/mol. The van der Waals surface area contributed by atoms with E-state index in [0.29, 0.717) is 25.4 Å². The molecule has 0 atom stereocenters. The van der Waals surface area contributed by atoms with E-state index in [4.69, 9.17) is 9.84 Å². The average Bonchev–Trinajstić information content (AvgIpc) is 2.46. The van der Waals surface area contributed by atoms with Gasteiger partial charge in [-0.3, -0.25) is 9.69 Å². The van der Waals surface area contributed by atoms with Crippen molar-refractivity contribution in [2.24, 2.45) is 0 Å². The van der Waals surface area contributed by atoms with E-state index >= 15 is 0 Å². The van der Waals surface area contributed by atoms with Crippen molar-refractivity contribution >= 4 is 11.9 Å². The van der Waals surface area contributed by atoms with Crippen LogP contribution in [0.1, 0.15) is 17.3 Å². The maximum absolute atomic E-state index is 11.3. The summed E-state index contributed by atoms with van der Waals surface area (Å²) in [4.78, 5) is 24.0. The normalized spacial score (nSPS) is 10.3. The molecule has 2 N–H and O–H groups in total. The first kappa shape index (κ1) is 16.0. The predicted octanol–water partition coefficient (Wildman–Crippen LogP) is 0.831. The van der Waals surface area contributed by atoms with Gasteiger partial charge < -0.3 is 15.2 Å². The Bertz CT molecular complexity index is 462. The highest BCUT2D eigenvalue weighted by molar-refractivity contribution is 5.88. The molecule has 0 heterocycles. The van der Waals surface area contributed by atoms with Crippen molar-refractivity contribution in [3.63, 3.8) is 0 Å². The van der Waals surface area contributed by atoms with Crippen molar-refractivity contribution in [3.05, 3.63) is 29.8 Å². The zero-order chi connectivity index (χ0) is 15.0. The van der Waals surface area contributed by atoms with Crippen molar-refractivity contribution in [3.8, 4) is 5.75 Å². The Morgan fingerprint density at radius 1 is 1.40 bits per heavy atom. The summed E-state index contributed by atoms with van der Waals surface area (Å²) in [6.07, 6.45) is 0. The second kappa shape index (κ2) is 8.16. The van der Waals surface area contributed by atoms with Gasteiger partial charge in [0.25, 0.3) is 0 Å². The third-order valence-corrected chi connectivity index (χ3v) is 2.85. The summed E-state index contributed by atoms with van der Waals surface area (Å²) in [6, 6.07) is 6.35.